The zero-order chi connectivity index (χ0) is 24.0. The van der Waals surface area contributed by atoms with Crippen molar-refractivity contribution in [3.63, 3.8) is 0 Å². The Bertz CT molecular complexity index is 1320. The van der Waals surface area contributed by atoms with Gasteiger partial charge < -0.3 is 24.3 Å². The summed E-state index contributed by atoms with van der Waals surface area (Å²) in [5, 5.41) is 0.856. The quantitative estimate of drug-likeness (QED) is 0.409. The predicted molar refractivity (Wildman–Crippen MR) is 135 cm³/mol. The first-order valence-corrected chi connectivity index (χ1v) is 13.0. The monoisotopic (exact) mass is 543 g/mol. The predicted octanol–water partition coefficient (Wildman–Crippen LogP) is 4.32. The van der Waals surface area contributed by atoms with Gasteiger partial charge >= 0.3 is 0 Å². The van der Waals surface area contributed by atoms with Crippen LogP contribution in [0.3, 0.4) is 0 Å². The lowest BCUT2D eigenvalue weighted by molar-refractivity contribution is -0.122. The van der Waals surface area contributed by atoms with Crippen LogP contribution in [0, 0.1) is 5.92 Å². The van der Waals surface area contributed by atoms with E-state index in [1.165, 1.54) is 0 Å². The molecule has 1 amide bonds. The van der Waals surface area contributed by atoms with Gasteiger partial charge in [-0.3, -0.25) is 14.0 Å². The van der Waals surface area contributed by atoms with Gasteiger partial charge in [-0.25, -0.2) is 0 Å². The lowest BCUT2D eigenvalue weighted by Crippen LogP contribution is -2.48. The molecule has 1 aliphatic carbocycles. The zero-order valence-electron chi connectivity index (χ0n) is 18.5. The number of hydrogen-bond donors (Lipinski definition) is 2. The summed E-state index contributed by atoms with van der Waals surface area (Å²) in [5.41, 5.74) is 8.53. The molecule has 3 atom stereocenters. The number of nitrogens with two attached hydrogens (primary N) is 1. The number of rotatable bonds is 8. The molecule has 34 heavy (non-hydrogen) atoms. The molecule has 1 saturated carbocycles. The fourth-order valence-electron chi connectivity index (χ4n) is 4.71. The van der Waals surface area contributed by atoms with Crippen LogP contribution < -0.4 is 10.5 Å². The Labute approximate surface area is 208 Å². The van der Waals surface area contributed by atoms with Crippen LogP contribution >= 0.6 is 15.9 Å². The number of fused-ring (bicyclic) bond motifs is 1. The molecule has 5 rings (SSSR count). The van der Waals surface area contributed by atoms with Gasteiger partial charge in [0, 0.05) is 35.2 Å². The largest absolute Gasteiger partial charge is 0.755 e. The molecule has 3 aromatic rings. The van der Waals surface area contributed by atoms with Crippen molar-refractivity contribution in [1.82, 2.24) is 4.90 Å². The third-order valence-corrected chi connectivity index (χ3v) is 7.59. The van der Waals surface area contributed by atoms with E-state index in [2.05, 4.69) is 20.7 Å². The molecule has 3 N–H and O–H groups in total. The van der Waals surface area contributed by atoms with Crippen molar-refractivity contribution in [2.45, 2.75) is 44.8 Å². The summed E-state index contributed by atoms with van der Waals surface area (Å²) >= 11 is 1.19. The topological polar surface area (TPSA) is 124 Å². The second-order valence-electron chi connectivity index (χ2n) is 8.66. The van der Waals surface area contributed by atoms with Gasteiger partial charge in [-0.15, -0.1) is 0 Å². The van der Waals surface area contributed by atoms with E-state index in [0.717, 1.165) is 40.5 Å². The van der Waals surface area contributed by atoms with E-state index in [4.69, 9.17) is 15.1 Å². The van der Waals surface area contributed by atoms with Crippen LogP contribution in [-0.4, -0.2) is 37.5 Å². The van der Waals surface area contributed by atoms with Crippen LogP contribution in [0.5, 0.6) is 0 Å². The molecule has 1 fully saturated rings. The fourth-order valence-corrected chi connectivity index (χ4v) is 5.67. The number of carbonyl (C=O) groups is 1. The van der Waals surface area contributed by atoms with Crippen molar-refractivity contribution < 1.29 is 18.0 Å². The molecule has 0 radical (unpaired) electrons. The van der Waals surface area contributed by atoms with Gasteiger partial charge in [-0.2, -0.15) is 0 Å². The molecule has 10 heteroatoms. The first-order chi connectivity index (χ1) is 16.4. The highest BCUT2D eigenvalue weighted by Crippen LogP contribution is 2.42. The Hall–Kier alpha value is -2.69. The van der Waals surface area contributed by atoms with E-state index in [1.54, 1.807) is 18.2 Å². The maximum Gasteiger partial charge on any atom is 0.242 e. The summed E-state index contributed by atoms with van der Waals surface area (Å²) in [4.78, 5) is 19.3. The van der Waals surface area contributed by atoms with Gasteiger partial charge in [-0.1, -0.05) is 25.1 Å². The van der Waals surface area contributed by atoms with Gasteiger partial charge in [0.2, 0.25) is 5.91 Å². The van der Waals surface area contributed by atoms with E-state index in [1.807, 2.05) is 36.1 Å². The zero-order valence-corrected chi connectivity index (χ0v) is 20.9. The Morgan fingerprint density at radius 1 is 1.32 bits per heavy atom. The first kappa shape index (κ1) is 23.1. The maximum absolute atomic E-state index is 12.4. The second-order valence-corrected chi connectivity index (χ2v) is 10.1. The average molecular weight is 544 g/mol. The molecule has 2 heterocycles. The third kappa shape index (κ3) is 4.25. The van der Waals surface area contributed by atoms with Gasteiger partial charge in [0.05, 0.1) is 16.2 Å². The molecule has 3 unspecified atom stereocenters. The highest BCUT2D eigenvalue weighted by atomic mass is 79.9. The van der Waals surface area contributed by atoms with E-state index in [0.29, 0.717) is 35.1 Å². The second kappa shape index (κ2) is 9.16. The number of nitrogens with zero attached hydrogens (tertiary/aromatic N) is 2. The SMILES string of the molecule is CCC1=NC(C2CC2)C(C(N)=O)N1Cc1ccc2oc(-c3ccccc3NS(=O)[O-])c(Br)c2c1. The third-order valence-electron chi connectivity index (χ3n) is 6.41. The molecule has 0 bridgehead atoms. The highest BCUT2D eigenvalue weighted by Gasteiger charge is 2.46. The normalized spacial score (nSPS) is 21.0. The van der Waals surface area contributed by atoms with Crippen molar-refractivity contribution in [2.24, 2.45) is 16.6 Å². The number of aliphatic imine (C=N–C) groups is 1. The van der Waals surface area contributed by atoms with Crippen molar-refractivity contribution in [3.05, 3.63) is 52.5 Å². The van der Waals surface area contributed by atoms with Crippen LogP contribution in [0.1, 0.15) is 31.7 Å². The summed E-state index contributed by atoms with van der Waals surface area (Å²) in [5.74, 6) is 1.55. The lowest BCUT2D eigenvalue weighted by Gasteiger charge is -2.28. The molecule has 1 aromatic heterocycles. The molecule has 178 valence electrons. The smallest absolute Gasteiger partial charge is 0.242 e. The number of amides is 1. The first-order valence-electron chi connectivity index (χ1n) is 11.2. The number of para-hydroxylation sites is 1. The number of hydrogen-bond acceptors (Lipinski definition) is 6. The van der Waals surface area contributed by atoms with Crippen molar-refractivity contribution >= 4 is 55.6 Å². The van der Waals surface area contributed by atoms with Gasteiger partial charge in [0.25, 0.3) is 0 Å². The van der Waals surface area contributed by atoms with Crippen LogP contribution in [0.15, 0.2) is 56.3 Å². The number of furan rings is 1. The van der Waals surface area contributed by atoms with E-state index in [-0.39, 0.29) is 11.9 Å². The number of halogens is 1. The summed E-state index contributed by atoms with van der Waals surface area (Å²) in [6, 6.07) is 12.4. The molecule has 1 aliphatic heterocycles. The number of amidine groups is 1. The molecular weight excluding hydrogens is 520 g/mol. The lowest BCUT2D eigenvalue weighted by atomic mass is 10.0. The van der Waals surface area contributed by atoms with E-state index < -0.39 is 17.3 Å². The van der Waals surface area contributed by atoms with Gasteiger partial charge in [0.15, 0.2) is 5.76 Å². The fraction of sp³-hybridized carbons (Fsp3) is 0.333. The number of benzene rings is 2. The number of primary amides is 1. The van der Waals surface area contributed by atoms with E-state index >= 15 is 0 Å². The van der Waals surface area contributed by atoms with Crippen molar-refractivity contribution in [1.29, 1.82) is 0 Å². The summed E-state index contributed by atoms with van der Waals surface area (Å²) in [6.07, 6.45) is 2.92. The molecule has 8 nitrogen and oxygen atoms in total. The molecular formula is C24H24BrN4O4S-. The molecule has 2 aromatic carbocycles. The van der Waals surface area contributed by atoms with Gasteiger partial charge in [0.1, 0.15) is 17.5 Å². The van der Waals surface area contributed by atoms with E-state index in [9.17, 15) is 13.6 Å². The van der Waals surface area contributed by atoms with Crippen LogP contribution in [0.2, 0.25) is 0 Å². The minimum Gasteiger partial charge on any atom is -0.755 e. The standard InChI is InChI=1S/C24H25BrN4O4S/c1-2-19-27-21(14-8-9-14)22(24(26)30)29(19)12-13-7-10-18-16(11-13)20(25)23(33-18)15-5-3-4-6-17(15)28-34(31)32/h3-7,10-11,14,21-22,28H,2,8-9,12H2,1H3,(H2,26,30)(H,31,32)/p-1. The minimum absolute atomic E-state index is 0.0565. The summed E-state index contributed by atoms with van der Waals surface area (Å²) in [7, 11) is 0. The Balaban J connectivity index is 1.49. The van der Waals surface area contributed by atoms with Gasteiger partial charge in [-0.05, 0) is 64.5 Å². The maximum atomic E-state index is 12.4. The number of nitrogens with one attached hydrogen (secondary N) is 1. The Morgan fingerprint density at radius 2 is 2.09 bits per heavy atom. The highest BCUT2D eigenvalue weighted by molar-refractivity contribution is 9.10. The summed E-state index contributed by atoms with van der Waals surface area (Å²) in [6.45, 7) is 2.56. The number of carbonyl (C=O) groups excluding carboxylic acids is 1. The molecule has 2 aliphatic rings. The van der Waals surface area contributed by atoms with Crippen molar-refractivity contribution in [3.8, 4) is 11.3 Å². The van der Waals surface area contributed by atoms with Crippen LogP contribution in [-0.2, 0) is 22.6 Å². The Morgan fingerprint density at radius 3 is 2.76 bits per heavy atom. The van der Waals surface area contributed by atoms with Crippen molar-refractivity contribution in [2.75, 3.05) is 4.72 Å². The van der Waals surface area contributed by atoms with Crippen LogP contribution in [0.4, 0.5) is 5.69 Å². The number of anilines is 1. The van der Waals surface area contributed by atoms with Crippen LogP contribution in [0.25, 0.3) is 22.3 Å². The molecule has 0 spiro atoms. The molecule has 0 saturated heterocycles. The minimum atomic E-state index is -2.46. The average Bonchev–Trinajstić information content (AvgIpc) is 3.51. The summed E-state index contributed by atoms with van der Waals surface area (Å²) < 4.78 is 31.7. The Kier molecular flexibility index (Phi) is 6.22.